The minimum Gasteiger partial charge on any atom is -0.237 e. The SMILES string of the molecule is CCCCCCCCCCCCCCC(C)n1cc[n+](CCCCCCCCCCC)c1. The van der Waals surface area contributed by atoms with Crippen LogP contribution in [0.2, 0.25) is 0 Å². The van der Waals surface area contributed by atoms with E-state index >= 15 is 0 Å². The number of aryl methyl sites for hydroxylation is 1. The van der Waals surface area contributed by atoms with Gasteiger partial charge in [-0.05, 0) is 32.6 Å². The molecule has 1 rings (SSSR count). The second kappa shape index (κ2) is 22.0. The normalized spacial score (nSPS) is 12.5. The van der Waals surface area contributed by atoms with Crippen molar-refractivity contribution in [2.75, 3.05) is 0 Å². The highest BCUT2D eigenvalue weighted by molar-refractivity contribution is 4.72. The third-order valence-corrected chi connectivity index (χ3v) is 7.22. The monoisotopic (exact) mass is 447 g/mol. The second-order valence-electron chi connectivity index (χ2n) is 10.5. The van der Waals surface area contributed by atoms with Crippen LogP contribution in [0.1, 0.15) is 168 Å². The van der Waals surface area contributed by atoms with E-state index in [1.54, 1.807) is 0 Å². The van der Waals surface area contributed by atoms with Gasteiger partial charge in [0, 0.05) is 0 Å². The van der Waals surface area contributed by atoms with Gasteiger partial charge in [-0.1, -0.05) is 129 Å². The zero-order valence-corrected chi connectivity index (χ0v) is 22.5. The van der Waals surface area contributed by atoms with E-state index in [1.165, 1.54) is 148 Å². The third kappa shape index (κ3) is 16.8. The summed E-state index contributed by atoms with van der Waals surface area (Å²) in [7, 11) is 0. The lowest BCUT2D eigenvalue weighted by molar-refractivity contribution is -0.697. The van der Waals surface area contributed by atoms with Gasteiger partial charge in [-0.3, -0.25) is 0 Å². The van der Waals surface area contributed by atoms with Crippen LogP contribution in [0.15, 0.2) is 18.7 Å². The van der Waals surface area contributed by atoms with Crippen molar-refractivity contribution in [1.29, 1.82) is 0 Å². The van der Waals surface area contributed by atoms with Gasteiger partial charge in [0.15, 0.2) is 0 Å². The summed E-state index contributed by atoms with van der Waals surface area (Å²) in [6.07, 6.45) is 38.2. The van der Waals surface area contributed by atoms with Crippen molar-refractivity contribution >= 4 is 0 Å². The highest BCUT2D eigenvalue weighted by Gasteiger charge is 2.11. The Bertz CT molecular complexity index is 493. The molecule has 2 nitrogen and oxygen atoms in total. The molecule has 1 aromatic heterocycles. The van der Waals surface area contributed by atoms with Crippen LogP contribution in [0, 0.1) is 0 Å². The summed E-state index contributed by atoms with van der Waals surface area (Å²) in [6, 6.07) is 0.641. The predicted molar refractivity (Wildman–Crippen MR) is 142 cm³/mol. The molecule has 0 aliphatic carbocycles. The van der Waals surface area contributed by atoms with Crippen molar-refractivity contribution in [2.45, 2.75) is 175 Å². The van der Waals surface area contributed by atoms with Crippen LogP contribution >= 0.6 is 0 Å². The molecule has 0 saturated carbocycles. The summed E-state index contributed by atoms with van der Waals surface area (Å²) in [5.41, 5.74) is 0. The minimum atomic E-state index is 0.641. The maximum absolute atomic E-state index is 2.44. The molecule has 0 bridgehead atoms. The molecule has 0 saturated heterocycles. The van der Waals surface area contributed by atoms with E-state index in [0.29, 0.717) is 6.04 Å². The van der Waals surface area contributed by atoms with E-state index in [-0.39, 0.29) is 0 Å². The molecule has 0 aliphatic rings. The van der Waals surface area contributed by atoms with Gasteiger partial charge in [-0.15, -0.1) is 0 Å². The predicted octanol–water partition coefficient (Wildman–Crippen LogP) is 9.96. The highest BCUT2D eigenvalue weighted by atomic mass is 15.1. The molecule has 1 atom stereocenters. The molecule has 0 N–H and O–H groups in total. The first-order valence-corrected chi connectivity index (χ1v) is 14.8. The molecular weight excluding hydrogens is 388 g/mol. The Balaban J connectivity index is 1.94. The van der Waals surface area contributed by atoms with Crippen LogP contribution in [0.3, 0.4) is 0 Å². The van der Waals surface area contributed by atoms with Crippen molar-refractivity contribution in [2.24, 2.45) is 0 Å². The van der Waals surface area contributed by atoms with Crippen LogP contribution in [-0.4, -0.2) is 4.57 Å². The summed E-state index contributed by atoms with van der Waals surface area (Å²) in [5.74, 6) is 0. The minimum absolute atomic E-state index is 0.641. The van der Waals surface area contributed by atoms with Gasteiger partial charge in [0.05, 0.1) is 12.6 Å². The third-order valence-electron chi connectivity index (χ3n) is 7.22. The zero-order valence-electron chi connectivity index (χ0n) is 22.5. The molecule has 0 aliphatic heterocycles. The molecule has 2 heteroatoms. The molecular formula is C30H59N2+. The van der Waals surface area contributed by atoms with Gasteiger partial charge in [0.1, 0.15) is 12.4 Å². The van der Waals surface area contributed by atoms with Crippen molar-refractivity contribution in [1.82, 2.24) is 4.57 Å². The summed E-state index contributed by atoms with van der Waals surface area (Å²) >= 11 is 0. The summed E-state index contributed by atoms with van der Waals surface area (Å²) in [6.45, 7) is 8.18. The Morgan fingerprint density at radius 3 is 1.44 bits per heavy atom. The van der Waals surface area contributed by atoms with Crippen LogP contribution in [-0.2, 0) is 6.54 Å². The van der Waals surface area contributed by atoms with E-state index in [4.69, 9.17) is 0 Å². The number of hydrogen-bond acceptors (Lipinski definition) is 0. The fourth-order valence-corrected chi connectivity index (χ4v) is 4.84. The largest absolute Gasteiger partial charge is 0.243 e. The molecule has 32 heavy (non-hydrogen) atoms. The van der Waals surface area contributed by atoms with E-state index in [0.717, 1.165) is 0 Å². The van der Waals surface area contributed by atoms with E-state index in [1.807, 2.05) is 0 Å². The first kappa shape index (κ1) is 29.2. The molecule has 1 unspecified atom stereocenters. The Hall–Kier alpha value is -0.790. The average molecular weight is 448 g/mol. The van der Waals surface area contributed by atoms with Crippen LogP contribution in [0.25, 0.3) is 0 Å². The molecule has 1 aromatic rings. The second-order valence-corrected chi connectivity index (χ2v) is 10.5. The Kier molecular flexibility index (Phi) is 20.1. The number of nitrogens with zero attached hydrogens (tertiary/aromatic N) is 2. The molecule has 1 heterocycles. The molecule has 0 radical (unpaired) electrons. The van der Waals surface area contributed by atoms with E-state index in [9.17, 15) is 0 Å². The number of rotatable bonds is 24. The Labute approximate surface area is 202 Å². The lowest BCUT2D eigenvalue weighted by atomic mass is 10.0. The van der Waals surface area contributed by atoms with Gasteiger partial charge in [-0.25, -0.2) is 9.13 Å². The number of unbranched alkanes of at least 4 members (excludes halogenated alkanes) is 19. The number of hydrogen-bond donors (Lipinski definition) is 0. The first-order valence-electron chi connectivity index (χ1n) is 14.8. The molecule has 188 valence electrons. The fourth-order valence-electron chi connectivity index (χ4n) is 4.84. The maximum atomic E-state index is 2.44. The lowest BCUT2D eigenvalue weighted by Gasteiger charge is -2.08. The molecule has 0 spiro atoms. The standard InChI is InChI=1S/C30H59N2/c1-4-6-8-10-12-14-15-16-17-19-21-23-25-30(3)32-28-27-31(29-32)26-24-22-20-18-13-11-9-7-5-2/h27-30H,4-26H2,1-3H3/q+1. The summed E-state index contributed by atoms with van der Waals surface area (Å²) in [4.78, 5) is 0. The quantitative estimate of drug-likeness (QED) is 0.110. The smallest absolute Gasteiger partial charge is 0.237 e. The van der Waals surface area contributed by atoms with Crippen molar-refractivity contribution in [3.05, 3.63) is 18.7 Å². The highest BCUT2D eigenvalue weighted by Crippen LogP contribution is 2.17. The van der Waals surface area contributed by atoms with Crippen LogP contribution in [0.4, 0.5) is 0 Å². The van der Waals surface area contributed by atoms with Gasteiger partial charge >= 0.3 is 0 Å². The Morgan fingerprint density at radius 2 is 0.969 bits per heavy atom. The van der Waals surface area contributed by atoms with E-state index in [2.05, 4.69) is 48.6 Å². The molecule has 0 aromatic carbocycles. The fraction of sp³-hybridized carbons (Fsp3) is 0.900. The number of imidazole rings is 1. The van der Waals surface area contributed by atoms with Crippen molar-refractivity contribution < 1.29 is 4.57 Å². The van der Waals surface area contributed by atoms with Crippen LogP contribution < -0.4 is 4.57 Å². The molecule has 0 amide bonds. The van der Waals surface area contributed by atoms with Gasteiger partial charge in [-0.2, -0.15) is 0 Å². The lowest BCUT2D eigenvalue weighted by Crippen LogP contribution is -2.31. The maximum Gasteiger partial charge on any atom is 0.243 e. The number of aromatic nitrogens is 2. The Morgan fingerprint density at radius 1 is 0.562 bits per heavy atom. The topological polar surface area (TPSA) is 8.81 Å². The van der Waals surface area contributed by atoms with E-state index < -0.39 is 0 Å². The molecule has 0 fully saturated rings. The first-order chi connectivity index (χ1) is 15.8. The van der Waals surface area contributed by atoms with Gasteiger partial charge in [0.2, 0.25) is 6.33 Å². The summed E-state index contributed by atoms with van der Waals surface area (Å²) < 4.78 is 4.84. The van der Waals surface area contributed by atoms with Gasteiger partial charge in [0.25, 0.3) is 0 Å². The van der Waals surface area contributed by atoms with Gasteiger partial charge < -0.3 is 0 Å². The van der Waals surface area contributed by atoms with Crippen molar-refractivity contribution in [3.8, 4) is 0 Å². The zero-order chi connectivity index (χ0) is 23.1. The average Bonchev–Trinajstić information content (AvgIpc) is 3.27. The summed E-state index contributed by atoms with van der Waals surface area (Å²) in [5, 5.41) is 0. The van der Waals surface area contributed by atoms with Crippen molar-refractivity contribution in [3.63, 3.8) is 0 Å². The van der Waals surface area contributed by atoms with Crippen LogP contribution in [0.5, 0.6) is 0 Å².